The Morgan fingerprint density at radius 1 is 1.22 bits per heavy atom. The second kappa shape index (κ2) is 6.35. The van der Waals surface area contributed by atoms with Gasteiger partial charge in [-0.2, -0.15) is 0 Å². The molecule has 0 saturated heterocycles. The smallest absolute Gasteiger partial charge is 0.0390 e. The SMILES string of the molecule is CCCCC(NC(C)C)c1cccc2ccsc12. The van der Waals surface area contributed by atoms with Crippen LogP contribution in [0.2, 0.25) is 0 Å². The molecule has 0 aliphatic carbocycles. The summed E-state index contributed by atoms with van der Waals surface area (Å²) in [5.74, 6) is 0. The Balaban J connectivity index is 2.30. The van der Waals surface area contributed by atoms with Crippen LogP contribution in [0, 0.1) is 0 Å². The van der Waals surface area contributed by atoms with Crippen LogP contribution in [-0.2, 0) is 0 Å². The zero-order valence-corrected chi connectivity index (χ0v) is 12.4. The van der Waals surface area contributed by atoms with Gasteiger partial charge < -0.3 is 5.32 Å². The Kier molecular flexibility index (Phi) is 4.79. The van der Waals surface area contributed by atoms with Gasteiger partial charge in [0.1, 0.15) is 0 Å². The molecule has 0 spiro atoms. The normalized spacial score (nSPS) is 13.3. The maximum absolute atomic E-state index is 3.72. The van der Waals surface area contributed by atoms with Crippen LogP contribution in [-0.4, -0.2) is 6.04 Å². The summed E-state index contributed by atoms with van der Waals surface area (Å²) in [4.78, 5) is 0. The van der Waals surface area contributed by atoms with E-state index in [1.165, 1.54) is 34.9 Å². The van der Waals surface area contributed by atoms with Crippen molar-refractivity contribution in [2.24, 2.45) is 0 Å². The van der Waals surface area contributed by atoms with Crippen molar-refractivity contribution in [1.29, 1.82) is 0 Å². The standard InChI is InChI=1S/C16H23NS/c1-4-5-9-15(17-12(2)3)14-8-6-7-13-10-11-18-16(13)14/h6-8,10-12,15,17H,4-5,9H2,1-3H3. The average molecular weight is 261 g/mol. The van der Waals surface area contributed by atoms with Gasteiger partial charge >= 0.3 is 0 Å². The summed E-state index contributed by atoms with van der Waals surface area (Å²) in [7, 11) is 0. The van der Waals surface area contributed by atoms with Crippen LogP contribution in [0.3, 0.4) is 0 Å². The molecule has 2 heteroatoms. The molecule has 0 saturated carbocycles. The molecule has 1 atom stereocenters. The Morgan fingerprint density at radius 2 is 2.06 bits per heavy atom. The van der Waals surface area contributed by atoms with Gasteiger partial charge in [0.25, 0.3) is 0 Å². The average Bonchev–Trinajstić information content (AvgIpc) is 2.82. The molecule has 98 valence electrons. The van der Waals surface area contributed by atoms with E-state index >= 15 is 0 Å². The topological polar surface area (TPSA) is 12.0 Å². The molecule has 1 unspecified atom stereocenters. The molecule has 1 aromatic heterocycles. The molecule has 0 radical (unpaired) electrons. The predicted molar refractivity (Wildman–Crippen MR) is 82.4 cm³/mol. The molecule has 2 aromatic rings. The lowest BCUT2D eigenvalue weighted by atomic mass is 9.99. The van der Waals surface area contributed by atoms with Crippen LogP contribution in [0.4, 0.5) is 0 Å². The minimum Gasteiger partial charge on any atom is -0.308 e. The lowest BCUT2D eigenvalue weighted by Gasteiger charge is -2.22. The first kappa shape index (κ1) is 13.6. The maximum Gasteiger partial charge on any atom is 0.0390 e. The molecule has 0 aliphatic rings. The highest BCUT2D eigenvalue weighted by Crippen LogP contribution is 2.31. The summed E-state index contributed by atoms with van der Waals surface area (Å²) in [6, 6.07) is 9.92. The first-order valence-electron chi connectivity index (χ1n) is 6.94. The van der Waals surface area contributed by atoms with Crippen LogP contribution < -0.4 is 5.32 Å². The number of rotatable bonds is 6. The van der Waals surface area contributed by atoms with Gasteiger partial charge in [0.2, 0.25) is 0 Å². The van der Waals surface area contributed by atoms with Gasteiger partial charge in [0.15, 0.2) is 0 Å². The van der Waals surface area contributed by atoms with Crippen molar-refractivity contribution in [3.8, 4) is 0 Å². The fourth-order valence-electron chi connectivity index (χ4n) is 2.43. The largest absolute Gasteiger partial charge is 0.308 e. The summed E-state index contributed by atoms with van der Waals surface area (Å²) < 4.78 is 1.45. The Labute approximate surface area is 114 Å². The van der Waals surface area contributed by atoms with E-state index in [-0.39, 0.29) is 0 Å². The summed E-state index contributed by atoms with van der Waals surface area (Å²) in [6.45, 7) is 6.72. The number of hydrogen-bond acceptors (Lipinski definition) is 2. The van der Waals surface area contributed by atoms with E-state index < -0.39 is 0 Å². The Bertz CT molecular complexity index is 487. The van der Waals surface area contributed by atoms with Gasteiger partial charge in [-0.05, 0) is 28.8 Å². The van der Waals surface area contributed by atoms with Crippen molar-refractivity contribution in [1.82, 2.24) is 5.32 Å². The molecule has 1 nitrogen and oxygen atoms in total. The van der Waals surface area contributed by atoms with Crippen molar-refractivity contribution in [2.75, 3.05) is 0 Å². The van der Waals surface area contributed by atoms with Gasteiger partial charge in [-0.3, -0.25) is 0 Å². The number of fused-ring (bicyclic) bond motifs is 1. The summed E-state index contributed by atoms with van der Waals surface area (Å²) in [5.41, 5.74) is 1.48. The Hall–Kier alpha value is -0.860. The second-order valence-corrected chi connectivity index (χ2v) is 6.12. The monoisotopic (exact) mass is 261 g/mol. The number of thiophene rings is 1. The van der Waals surface area contributed by atoms with E-state index in [0.717, 1.165) is 0 Å². The third-order valence-corrected chi connectivity index (χ3v) is 4.24. The van der Waals surface area contributed by atoms with Crippen LogP contribution >= 0.6 is 11.3 Å². The summed E-state index contributed by atoms with van der Waals surface area (Å²) >= 11 is 1.86. The van der Waals surface area contributed by atoms with Gasteiger partial charge in [-0.25, -0.2) is 0 Å². The van der Waals surface area contributed by atoms with E-state index in [9.17, 15) is 0 Å². The van der Waals surface area contributed by atoms with Crippen molar-refractivity contribution in [3.05, 3.63) is 35.2 Å². The Morgan fingerprint density at radius 3 is 2.78 bits per heavy atom. The van der Waals surface area contributed by atoms with Crippen molar-refractivity contribution in [2.45, 2.75) is 52.1 Å². The van der Waals surface area contributed by atoms with Gasteiger partial charge in [-0.1, -0.05) is 51.8 Å². The maximum atomic E-state index is 3.72. The molecule has 0 aliphatic heterocycles. The zero-order valence-electron chi connectivity index (χ0n) is 11.6. The quantitative estimate of drug-likeness (QED) is 0.760. The summed E-state index contributed by atoms with van der Waals surface area (Å²) in [5, 5.41) is 7.29. The molecule has 0 amide bonds. The molecule has 0 fully saturated rings. The van der Waals surface area contributed by atoms with Crippen LogP contribution in [0.25, 0.3) is 10.1 Å². The molecule has 1 aromatic carbocycles. The summed E-state index contributed by atoms with van der Waals surface area (Å²) in [6.07, 6.45) is 3.77. The van der Waals surface area contributed by atoms with Crippen molar-refractivity contribution in [3.63, 3.8) is 0 Å². The van der Waals surface area contributed by atoms with E-state index in [2.05, 4.69) is 55.7 Å². The fraction of sp³-hybridized carbons (Fsp3) is 0.500. The van der Waals surface area contributed by atoms with Crippen LogP contribution in [0.1, 0.15) is 51.6 Å². The highest BCUT2D eigenvalue weighted by atomic mass is 32.1. The molecule has 0 bridgehead atoms. The highest BCUT2D eigenvalue weighted by molar-refractivity contribution is 7.17. The molecule has 1 N–H and O–H groups in total. The first-order valence-corrected chi connectivity index (χ1v) is 7.82. The van der Waals surface area contributed by atoms with Gasteiger partial charge in [0, 0.05) is 16.8 Å². The minimum absolute atomic E-state index is 0.493. The second-order valence-electron chi connectivity index (χ2n) is 5.20. The van der Waals surface area contributed by atoms with E-state index in [0.29, 0.717) is 12.1 Å². The van der Waals surface area contributed by atoms with Gasteiger partial charge in [0.05, 0.1) is 0 Å². The number of benzene rings is 1. The molecule has 18 heavy (non-hydrogen) atoms. The van der Waals surface area contributed by atoms with Crippen molar-refractivity contribution >= 4 is 21.4 Å². The molecule has 2 rings (SSSR count). The van der Waals surface area contributed by atoms with Crippen LogP contribution in [0.15, 0.2) is 29.6 Å². The number of hydrogen-bond donors (Lipinski definition) is 1. The molecule has 1 heterocycles. The third-order valence-electron chi connectivity index (χ3n) is 3.27. The zero-order chi connectivity index (χ0) is 13.0. The van der Waals surface area contributed by atoms with Crippen molar-refractivity contribution < 1.29 is 0 Å². The van der Waals surface area contributed by atoms with Gasteiger partial charge in [-0.15, -0.1) is 11.3 Å². The third kappa shape index (κ3) is 3.12. The molecular weight excluding hydrogens is 238 g/mol. The highest BCUT2D eigenvalue weighted by Gasteiger charge is 2.15. The van der Waals surface area contributed by atoms with Crippen LogP contribution in [0.5, 0.6) is 0 Å². The fourth-order valence-corrected chi connectivity index (χ4v) is 3.40. The van der Waals surface area contributed by atoms with E-state index in [1.54, 1.807) is 0 Å². The lowest BCUT2D eigenvalue weighted by Crippen LogP contribution is -2.28. The van der Waals surface area contributed by atoms with E-state index in [4.69, 9.17) is 0 Å². The number of nitrogens with one attached hydrogen (secondary N) is 1. The van der Waals surface area contributed by atoms with E-state index in [1.807, 2.05) is 11.3 Å². The first-order chi connectivity index (χ1) is 8.72. The molecular formula is C16H23NS. The predicted octanol–water partition coefficient (Wildman–Crippen LogP) is 5.13. The minimum atomic E-state index is 0.493. The lowest BCUT2D eigenvalue weighted by molar-refractivity contribution is 0.442. The number of unbranched alkanes of at least 4 members (excludes halogenated alkanes) is 1.